The van der Waals surface area contributed by atoms with E-state index in [1.165, 1.54) is 30.9 Å². The Hall–Kier alpha value is -7.41. The summed E-state index contributed by atoms with van der Waals surface area (Å²) in [5, 5.41) is 6.84. The van der Waals surface area contributed by atoms with Crippen LogP contribution in [-0.2, 0) is 0 Å². The maximum Gasteiger partial charge on any atom is 0.167 e. The summed E-state index contributed by atoms with van der Waals surface area (Å²) in [6.45, 7) is 0. The first kappa shape index (κ1) is 31.9. The minimum absolute atomic E-state index is 0.544. The minimum Gasteiger partial charge on any atom is -0.455 e. The molecule has 4 aromatic heterocycles. The standard InChI is InChI=1S/C51H30N4OS/c1-3-14-31(15-4-1)35-21-13-22-39-41-29-34(55-43-23-10-7-18-36(43)37-19-8-11-24-44(37)55)30-42(48(41)56-47(35)39)51-53-49(32-16-5-2-6-17-32)52-50(54-51)33-26-27-46-40(28-33)38-20-9-12-25-45(38)57-46/h1-30H. The molecule has 0 amide bonds. The smallest absolute Gasteiger partial charge is 0.167 e. The Morgan fingerprint density at radius 3 is 1.70 bits per heavy atom. The maximum atomic E-state index is 7.05. The molecule has 0 aliphatic rings. The first-order chi connectivity index (χ1) is 28.2. The molecule has 12 aromatic rings. The van der Waals surface area contributed by atoms with Crippen molar-refractivity contribution >= 4 is 75.3 Å². The lowest BCUT2D eigenvalue weighted by atomic mass is 10.0. The van der Waals surface area contributed by atoms with E-state index in [4.69, 9.17) is 19.4 Å². The molecule has 12 rings (SSSR count). The molecule has 57 heavy (non-hydrogen) atoms. The average molecular weight is 747 g/mol. The summed E-state index contributed by atoms with van der Waals surface area (Å²) in [5.41, 5.74) is 9.56. The van der Waals surface area contributed by atoms with Gasteiger partial charge in [-0.25, -0.2) is 15.0 Å². The lowest BCUT2D eigenvalue weighted by Crippen LogP contribution is -2.01. The van der Waals surface area contributed by atoms with Crippen LogP contribution in [0, 0.1) is 0 Å². The van der Waals surface area contributed by atoms with Gasteiger partial charge in [0.2, 0.25) is 0 Å². The zero-order valence-electron chi connectivity index (χ0n) is 30.4. The van der Waals surface area contributed by atoms with Crippen LogP contribution in [0.25, 0.3) is 115 Å². The number of nitrogens with zero attached hydrogens (tertiary/aromatic N) is 4. The van der Waals surface area contributed by atoms with E-state index in [1.54, 1.807) is 11.3 Å². The van der Waals surface area contributed by atoms with Gasteiger partial charge in [-0.3, -0.25) is 0 Å². The van der Waals surface area contributed by atoms with Gasteiger partial charge in [-0.15, -0.1) is 11.3 Å². The quantitative estimate of drug-likeness (QED) is 0.176. The van der Waals surface area contributed by atoms with Crippen molar-refractivity contribution in [1.29, 1.82) is 0 Å². The molecule has 0 saturated carbocycles. The number of rotatable bonds is 5. The van der Waals surface area contributed by atoms with E-state index in [2.05, 4.69) is 162 Å². The second-order valence-electron chi connectivity index (χ2n) is 14.4. The summed E-state index contributed by atoms with van der Waals surface area (Å²) in [6.07, 6.45) is 0. The van der Waals surface area contributed by atoms with Gasteiger partial charge in [0, 0.05) is 64.1 Å². The van der Waals surface area contributed by atoms with Crippen molar-refractivity contribution in [2.45, 2.75) is 0 Å². The van der Waals surface area contributed by atoms with Crippen molar-refractivity contribution in [3.05, 3.63) is 182 Å². The van der Waals surface area contributed by atoms with Crippen molar-refractivity contribution in [2.75, 3.05) is 0 Å². The summed E-state index contributed by atoms with van der Waals surface area (Å²) < 4.78 is 11.9. The van der Waals surface area contributed by atoms with E-state index in [9.17, 15) is 0 Å². The van der Waals surface area contributed by atoms with Crippen molar-refractivity contribution in [3.63, 3.8) is 0 Å². The lowest BCUT2D eigenvalue weighted by molar-refractivity contribution is 0.670. The fourth-order valence-corrected chi connectivity index (χ4v) is 9.52. The summed E-state index contributed by atoms with van der Waals surface area (Å²) >= 11 is 1.80. The number of para-hydroxylation sites is 3. The Balaban J connectivity index is 1.18. The average Bonchev–Trinajstić information content (AvgIpc) is 3.96. The molecule has 0 fully saturated rings. The highest BCUT2D eigenvalue weighted by molar-refractivity contribution is 7.25. The monoisotopic (exact) mass is 746 g/mol. The molecule has 0 bridgehead atoms. The molecule has 0 atom stereocenters. The summed E-state index contributed by atoms with van der Waals surface area (Å²) in [7, 11) is 0. The predicted octanol–water partition coefficient (Wildman–Crippen LogP) is 13.9. The van der Waals surface area contributed by atoms with Crippen LogP contribution in [0.2, 0.25) is 0 Å². The van der Waals surface area contributed by atoms with Gasteiger partial charge in [0.25, 0.3) is 0 Å². The molecule has 5 nitrogen and oxygen atoms in total. The fourth-order valence-electron chi connectivity index (χ4n) is 8.43. The molecular weight excluding hydrogens is 717 g/mol. The Morgan fingerprint density at radius 2 is 0.947 bits per heavy atom. The van der Waals surface area contributed by atoms with Crippen molar-refractivity contribution in [2.24, 2.45) is 0 Å². The predicted molar refractivity (Wildman–Crippen MR) is 236 cm³/mol. The van der Waals surface area contributed by atoms with Crippen LogP contribution in [0.15, 0.2) is 186 Å². The molecule has 0 saturated heterocycles. The molecule has 0 unspecified atom stereocenters. The number of fused-ring (bicyclic) bond motifs is 9. The molecular formula is C51H30N4OS. The SMILES string of the molecule is c1ccc(-c2nc(-c3ccc4sc5ccccc5c4c3)nc(-c3cc(-n4c5ccccc5c5ccccc54)cc4c3oc3c(-c5ccccc5)cccc34)n2)cc1. The molecule has 6 heteroatoms. The molecule has 0 N–H and O–H groups in total. The third-order valence-corrected chi connectivity index (χ3v) is 12.2. The fraction of sp³-hybridized carbons (Fsp3) is 0. The minimum atomic E-state index is 0.544. The van der Waals surface area contributed by atoms with Crippen LogP contribution < -0.4 is 0 Å². The molecule has 4 heterocycles. The number of aromatic nitrogens is 4. The van der Waals surface area contributed by atoms with E-state index in [0.29, 0.717) is 17.5 Å². The van der Waals surface area contributed by atoms with E-state index in [1.807, 2.05) is 24.3 Å². The Morgan fingerprint density at radius 1 is 0.368 bits per heavy atom. The van der Waals surface area contributed by atoms with Gasteiger partial charge in [0.15, 0.2) is 17.5 Å². The molecule has 0 aliphatic heterocycles. The van der Waals surface area contributed by atoms with Crippen molar-refractivity contribution in [3.8, 4) is 51.0 Å². The summed E-state index contributed by atoms with van der Waals surface area (Å²) in [5.74, 6) is 1.75. The van der Waals surface area contributed by atoms with Crippen LogP contribution in [0.1, 0.15) is 0 Å². The summed E-state index contributed by atoms with van der Waals surface area (Å²) in [4.78, 5) is 15.7. The van der Waals surface area contributed by atoms with Crippen LogP contribution in [0.5, 0.6) is 0 Å². The molecule has 0 radical (unpaired) electrons. The number of furan rings is 1. The van der Waals surface area contributed by atoms with Crippen LogP contribution >= 0.6 is 11.3 Å². The van der Waals surface area contributed by atoms with Crippen LogP contribution in [0.3, 0.4) is 0 Å². The number of thiophene rings is 1. The van der Waals surface area contributed by atoms with Gasteiger partial charge in [-0.05, 0) is 54.1 Å². The van der Waals surface area contributed by atoms with Gasteiger partial charge >= 0.3 is 0 Å². The van der Waals surface area contributed by atoms with Crippen molar-refractivity contribution in [1.82, 2.24) is 19.5 Å². The third kappa shape index (κ3) is 5.04. The second-order valence-corrected chi connectivity index (χ2v) is 15.5. The highest BCUT2D eigenvalue weighted by atomic mass is 32.1. The zero-order valence-corrected chi connectivity index (χ0v) is 31.2. The number of benzene rings is 8. The van der Waals surface area contributed by atoms with E-state index in [0.717, 1.165) is 66.5 Å². The van der Waals surface area contributed by atoms with Gasteiger partial charge in [-0.2, -0.15) is 0 Å². The van der Waals surface area contributed by atoms with E-state index < -0.39 is 0 Å². The molecule has 0 aliphatic carbocycles. The first-order valence-corrected chi connectivity index (χ1v) is 19.8. The van der Waals surface area contributed by atoms with Crippen molar-refractivity contribution < 1.29 is 4.42 Å². The topological polar surface area (TPSA) is 56.7 Å². The number of hydrogen-bond donors (Lipinski definition) is 0. The highest BCUT2D eigenvalue weighted by Gasteiger charge is 2.23. The largest absolute Gasteiger partial charge is 0.455 e. The van der Waals surface area contributed by atoms with Crippen LogP contribution in [-0.4, -0.2) is 19.5 Å². The molecule has 0 spiro atoms. The highest BCUT2D eigenvalue weighted by Crippen LogP contribution is 2.43. The van der Waals surface area contributed by atoms with Gasteiger partial charge in [0.1, 0.15) is 11.2 Å². The summed E-state index contributed by atoms with van der Waals surface area (Å²) in [6, 6.07) is 63.8. The molecule has 266 valence electrons. The number of hydrogen-bond acceptors (Lipinski definition) is 5. The van der Waals surface area contributed by atoms with Gasteiger partial charge < -0.3 is 8.98 Å². The second kappa shape index (κ2) is 12.6. The lowest BCUT2D eigenvalue weighted by Gasteiger charge is -2.12. The van der Waals surface area contributed by atoms with E-state index in [-0.39, 0.29) is 0 Å². The first-order valence-electron chi connectivity index (χ1n) is 19.0. The van der Waals surface area contributed by atoms with Gasteiger partial charge in [-0.1, -0.05) is 133 Å². The van der Waals surface area contributed by atoms with Gasteiger partial charge in [0.05, 0.1) is 16.6 Å². The Bertz CT molecular complexity index is 3470. The van der Waals surface area contributed by atoms with E-state index >= 15 is 0 Å². The Labute approximate surface area is 330 Å². The third-order valence-electron chi connectivity index (χ3n) is 11.0. The maximum absolute atomic E-state index is 7.05. The Kier molecular flexibility index (Phi) is 7.03. The molecule has 8 aromatic carbocycles. The normalized spacial score (nSPS) is 11.9. The van der Waals surface area contributed by atoms with Crippen LogP contribution in [0.4, 0.5) is 0 Å². The zero-order chi connectivity index (χ0) is 37.5.